The molecule has 1 saturated heterocycles. The lowest BCUT2D eigenvalue weighted by atomic mass is 9.99. The fraction of sp³-hybridized carbons (Fsp3) is 0.435. The lowest BCUT2D eigenvalue weighted by Gasteiger charge is -2.32. The topological polar surface area (TPSA) is 42.0 Å². The minimum atomic E-state index is -0.325. The summed E-state index contributed by atoms with van der Waals surface area (Å²) in [5.41, 5.74) is 3.89. The number of hydrogen-bond donors (Lipinski definition) is 0. The van der Waals surface area contributed by atoms with Crippen molar-refractivity contribution in [3.63, 3.8) is 0 Å². The number of esters is 1. The van der Waals surface area contributed by atoms with Crippen LogP contribution in [0.5, 0.6) is 5.75 Å². The molecule has 5 heteroatoms. The van der Waals surface area contributed by atoms with Crippen LogP contribution in [0.4, 0.5) is 0 Å². The molecule has 150 valence electrons. The van der Waals surface area contributed by atoms with Gasteiger partial charge >= 0.3 is 5.97 Å². The van der Waals surface area contributed by atoms with Crippen LogP contribution < -0.4 is 4.74 Å². The van der Waals surface area contributed by atoms with Crippen LogP contribution >= 0.6 is 0 Å². The molecule has 5 nitrogen and oxygen atoms in total. The van der Waals surface area contributed by atoms with Gasteiger partial charge in [-0.15, -0.1) is 0 Å². The van der Waals surface area contributed by atoms with E-state index in [2.05, 4.69) is 35.0 Å². The van der Waals surface area contributed by atoms with E-state index in [0.717, 1.165) is 49.4 Å². The zero-order valence-corrected chi connectivity index (χ0v) is 17.1. The molecule has 2 aromatic carbocycles. The highest BCUT2D eigenvalue weighted by Crippen LogP contribution is 2.31. The zero-order valence-electron chi connectivity index (χ0n) is 17.1. The third kappa shape index (κ3) is 5.12. The lowest BCUT2D eigenvalue weighted by molar-refractivity contribution is 0.0601. The number of hydrogen-bond acceptors (Lipinski definition) is 5. The van der Waals surface area contributed by atoms with Crippen LogP contribution in [0.1, 0.15) is 22.3 Å². The molecular formula is C23H30N2O3. The molecule has 0 unspecified atom stereocenters. The Balaban J connectivity index is 1.62. The van der Waals surface area contributed by atoms with Gasteiger partial charge in [0, 0.05) is 31.7 Å². The van der Waals surface area contributed by atoms with Crippen LogP contribution in [-0.2, 0) is 11.2 Å². The molecule has 0 aliphatic carbocycles. The van der Waals surface area contributed by atoms with Gasteiger partial charge in [-0.2, -0.15) is 0 Å². The predicted octanol–water partition coefficient (Wildman–Crippen LogP) is 3.33. The van der Waals surface area contributed by atoms with Crippen molar-refractivity contribution in [2.24, 2.45) is 0 Å². The summed E-state index contributed by atoms with van der Waals surface area (Å²) < 4.78 is 10.4. The van der Waals surface area contributed by atoms with E-state index >= 15 is 0 Å². The Morgan fingerprint density at radius 2 is 1.71 bits per heavy atom. The largest absolute Gasteiger partial charge is 0.496 e. The Kier molecular flexibility index (Phi) is 7.06. The Hall–Kier alpha value is -2.37. The van der Waals surface area contributed by atoms with E-state index in [-0.39, 0.29) is 5.97 Å². The average Bonchev–Trinajstić information content (AvgIpc) is 2.74. The standard InChI is InChI=1S/C23H30N2O3/c1-24-13-15-25(16-14-24)12-4-5-18-6-11-21(22(17-18)27-2)19-7-9-20(10-8-19)23(26)28-3/h6-11,17H,4-5,12-16H2,1-3H3. The first kappa shape index (κ1) is 20.4. The first-order chi connectivity index (χ1) is 13.6. The molecule has 2 aromatic rings. The van der Waals surface area contributed by atoms with E-state index in [0.29, 0.717) is 5.56 Å². The minimum absolute atomic E-state index is 0.325. The molecule has 28 heavy (non-hydrogen) atoms. The van der Waals surface area contributed by atoms with E-state index in [1.807, 2.05) is 12.1 Å². The molecule has 1 aliphatic heterocycles. The van der Waals surface area contributed by atoms with Crippen LogP contribution in [0.3, 0.4) is 0 Å². The van der Waals surface area contributed by atoms with Gasteiger partial charge in [0.15, 0.2) is 0 Å². The van der Waals surface area contributed by atoms with E-state index < -0.39 is 0 Å². The number of methoxy groups -OCH3 is 2. The second-order valence-corrected chi connectivity index (χ2v) is 7.35. The van der Waals surface area contributed by atoms with Gasteiger partial charge in [0.1, 0.15) is 5.75 Å². The van der Waals surface area contributed by atoms with E-state index in [1.165, 1.54) is 25.8 Å². The Morgan fingerprint density at radius 1 is 1.00 bits per heavy atom. The summed E-state index contributed by atoms with van der Waals surface area (Å²) in [7, 11) is 5.28. The van der Waals surface area contributed by atoms with Crippen LogP contribution in [0, 0.1) is 0 Å². The maximum atomic E-state index is 11.6. The number of ether oxygens (including phenoxy) is 2. The quantitative estimate of drug-likeness (QED) is 0.687. The second-order valence-electron chi connectivity index (χ2n) is 7.35. The summed E-state index contributed by atoms with van der Waals surface area (Å²) in [4.78, 5) is 16.5. The van der Waals surface area contributed by atoms with E-state index in [9.17, 15) is 4.79 Å². The predicted molar refractivity (Wildman–Crippen MR) is 112 cm³/mol. The molecule has 1 heterocycles. The summed E-state index contributed by atoms with van der Waals surface area (Å²) in [6.07, 6.45) is 2.20. The highest BCUT2D eigenvalue weighted by atomic mass is 16.5. The number of aryl methyl sites for hydroxylation is 1. The number of benzene rings is 2. The third-order valence-corrected chi connectivity index (χ3v) is 5.42. The van der Waals surface area contributed by atoms with Gasteiger partial charge in [-0.05, 0) is 55.8 Å². The van der Waals surface area contributed by atoms with Gasteiger partial charge in [0.2, 0.25) is 0 Å². The monoisotopic (exact) mass is 382 g/mol. The van der Waals surface area contributed by atoms with Crippen LogP contribution in [0.25, 0.3) is 11.1 Å². The van der Waals surface area contributed by atoms with Crippen molar-refractivity contribution in [3.05, 3.63) is 53.6 Å². The van der Waals surface area contributed by atoms with Crippen molar-refractivity contribution < 1.29 is 14.3 Å². The summed E-state index contributed by atoms with van der Waals surface area (Å²) in [6, 6.07) is 13.8. The molecule has 0 N–H and O–H groups in total. The molecule has 1 fully saturated rings. The van der Waals surface area contributed by atoms with E-state index in [4.69, 9.17) is 9.47 Å². The summed E-state index contributed by atoms with van der Waals surface area (Å²) >= 11 is 0. The molecule has 0 saturated carbocycles. The molecular weight excluding hydrogens is 352 g/mol. The highest BCUT2D eigenvalue weighted by Gasteiger charge is 2.13. The fourth-order valence-electron chi connectivity index (χ4n) is 3.61. The van der Waals surface area contributed by atoms with Crippen molar-refractivity contribution in [1.29, 1.82) is 0 Å². The summed E-state index contributed by atoms with van der Waals surface area (Å²) in [5.74, 6) is 0.539. The first-order valence-electron chi connectivity index (χ1n) is 9.87. The number of piperazine rings is 1. The molecule has 0 aromatic heterocycles. The van der Waals surface area contributed by atoms with Crippen molar-refractivity contribution in [1.82, 2.24) is 9.80 Å². The maximum Gasteiger partial charge on any atom is 0.337 e. The SMILES string of the molecule is COC(=O)c1ccc(-c2ccc(CCCN3CCN(C)CC3)cc2OC)cc1. The Labute approximate surface area is 167 Å². The van der Waals surface area contributed by atoms with Crippen LogP contribution in [0.2, 0.25) is 0 Å². The van der Waals surface area contributed by atoms with Crippen molar-refractivity contribution in [2.45, 2.75) is 12.8 Å². The average molecular weight is 383 g/mol. The smallest absolute Gasteiger partial charge is 0.337 e. The van der Waals surface area contributed by atoms with Gasteiger partial charge in [0.25, 0.3) is 0 Å². The molecule has 0 radical (unpaired) electrons. The van der Waals surface area contributed by atoms with Gasteiger partial charge in [-0.25, -0.2) is 4.79 Å². The van der Waals surface area contributed by atoms with Gasteiger partial charge in [0.05, 0.1) is 19.8 Å². The third-order valence-electron chi connectivity index (χ3n) is 5.42. The van der Waals surface area contributed by atoms with Crippen molar-refractivity contribution in [2.75, 3.05) is 54.0 Å². The summed E-state index contributed by atoms with van der Waals surface area (Å²) in [6.45, 7) is 5.81. The number of nitrogens with zero attached hydrogens (tertiary/aromatic N) is 2. The maximum absolute atomic E-state index is 11.6. The molecule has 0 amide bonds. The molecule has 3 rings (SSSR count). The molecule has 0 spiro atoms. The Morgan fingerprint density at radius 3 is 2.36 bits per heavy atom. The first-order valence-corrected chi connectivity index (χ1v) is 9.87. The number of likely N-dealkylation sites (N-methyl/N-ethyl adjacent to an activating group) is 1. The zero-order chi connectivity index (χ0) is 19.9. The van der Waals surface area contributed by atoms with Crippen molar-refractivity contribution >= 4 is 5.97 Å². The van der Waals surface area contributed by atoms with Gasteiger partial charge < -0.3 is 19.3 Å². The fourth-order valence-corrected chi connectivity index (χ4v) is 3.61. The molecule has 0 atom stereocenters. The number of carbonyl (C=O) groups is 1. The van der Waals surface area contributed by atoms with Crippen LogP contribution in [-0.4, -0.2) is 69.8 Å². The normalized spacial score (nSPS) is 15.4. The number of carbonyl (C=O) groups excluding carboxylic acids is 1. The second kappa shape index (κ2) is 9.71. The van der Waals surface area contributed by atoms with Gasteiger partial charge in [-0.3, -0.25) is 0 Å². The Bertz CT molecular complexity index is 781. The van der Waals surface area contributed by atoms with Crippen molar-refractivity contribution in [3.8, 4) is 16.9 Å². The highest BCUT2D eigenvalue weighted by molar-refractivity contribution is 5.90. The lowest BCUT2D eigenvalue weighted by Crippen LogP contribution is -2.44. The minimum Gasteiger partial charge on any atom is -0.496 e. The molecule has 1 aliphatic rings. The van der Waals surface area contributed by atoms with E-state index in [1.54, 1.807) is 19.2 Å². The summed E-state index contributed by atoms with van der Waals surface area (Å²) in [5, 5.41) is 0. The number of rotatable bonds is 7. The van der Waals surface area contributed by atoms with Crippen LogP contribution in [0.15, 0.2) is 42.5 Å². The van der Waals surface area contributed by atoms with Gasteiger partial charge in [-0.1, -0.05) is 24.3 Å². The molecule has 0 bridgehead atoms.